The Morgan fingerprint density at radius 1 is 1.21 bits per heavy atom. The van der Waals surface area contributed by atoms with Crippen LogP contribution in [-0.4, -0.2) is 53.6 Å². The number of fused-ring (bicyclic) bond motifs is 1. The molecule has 8 nitrogen and oxygen atoms in total. The number of methoxy groups -OCH3 is 2. The van der Waals surface area contributed by atoms with Crippen LogP contribution in [0.25, 0.3) is 11.0 Å². The Hall–Kier alpha value is -2.87. The zero-order valence-corrected chi connectivity index (χ0v) is 16.6. The lowest BCUT2D eigenvalue weighted by molar-refractivity contribution is 0.195. The summed E-state index contributed by atoms with van der Waals surface area (Å²) >= 11 is 0. The molecule has 0 unspecified atom stereocenters. The highest BCUT2D eigenvalue weighted by molar-refractivity contribution is 5.87. The topological polar surface area (TPSA) is 94.2 Å². The van der Waals surface area contributed by atoms with Gasteiger partial charge < -0.3 is 19.5 Å². The minimum atomic E-state index is -0.449. The Balaban J connectivity index is 1.81. The SMILES string of the molecule is COc1cc(C(C)(C)c2cc(N[C@@H]3CCOC3)c3[nH]ncc3n2)c(OC)cn1. The summed E-state index contributed by atoms with van der Waals surface area (Å²) in [5, 5.41) is 10.8. The minimum absolute atomic E-state index is 0.278. The van der Waals surface area contributed by atoms with Crippen molar-refractivity contribution in [3.63, 3.8) is 0 Å². The van der Waals surface area contributed by atoms with Gasteiger partial charge in [-0.2, -0.15) is 5.10 Å². The van der Waals surface area contributed by atoms with Crippen molar-refractivity contribution in [1.82, 2.24) is 20.2 Å². The van der Waals surface area contributed by atoms with Crippen LogP contribution in [0.5, 0.6) is 11.6 Å². The molecule has 1 aliphatic heterocycles. The van der Waals surface area contributed by atoms with Gasteiger partial charge in [0.05, 0.1) is 50.6 Å². The van der Waals surface area contributed by atoms with Gasteiger partial charge >= 0.3 is 0 Å². The fourth-order valence-electron chi connectivity index (χ4n) is 3.56. The molecule has 0 saturated carbocycles. The average Bonchev–Trinajstić information content (AvgIpc) is 3.39. The highest BCUT2D eigenvalue weighted by atomic mass is 16.5. The second kappa shape index (κ2) is 7.27. The maximum absolute atomic E-state index is 5.57. The van der Waals surface area contributed by atoms with E-state index in [1.54, 1.807) is 26.6 Å². The molecule has 0 amide bonds. The first-order chi connectivity index (χ1) is 13.5. The third-order valence-corrected chi connectivity index (χ3v) is 5.29. The van der Waals surface area contributed by atoms with Gasteiger partial charge in [0, 0.05) is 23.7 Å². The van der Waals surface area contributed by atoms with E-state index in [1.165, 1.54) is 0 Å². The molecule has 28 heavy (non-hydrogen) atoms. The maximum Gasteiger partial charge on any atom is 0.213 e. The van der Waals surface area contributed by atoms with E-state index in [4.69, 9.17) is 19.2 Å². The van der Waals surface area contributed by atoms with E-state index < -0.39 is 5.41 Å². The molecule has 0 aliphatic carbocycles. The number of rotatable bonds is 6. The zero-order chi connectivity index (χ0) is 19.7. The van der Waals surface area contributed by atoms with Gasteiger partial charge in [-0.25, -0.2) is 9.97 Å². The standard InChI is InChI=1S/C20H25N5O3/c1-20(2,13-7-18(27-4)21-10-16(13)26-3)17-8-14(23-12-5-6-28-11-12)19-15(24-17)9-22-25-19/h7-10,12H,5-6,11H2,1-4H3,(H,22,25)(H,23,24)/t12-/m1/s1. The fraction of sp³-hybridized carbons (Fsp3) is 0.450. The van der Waals surface area contributed by atoms with Gasteiger partial charge in [-0.05, 0) is 12.5 Å². The van der Waals surface area contributed by atoms with Crippen LogP contribution in [0.3, 0.4) is 0 Å². The zero-order valence-electron chi connectivity index (χ0n) is 16.6. The Labute approximate surface area is 163 Å². The van der Waals surface area contributed by atoms with Crippen molar-refractivity contribution in [3.05, 3.63) is 35.8 Å². The normalized spacial score (nSPS) is 17.1. The molecule has 0 radical (unpaired) electrons. The van der Waals surface area contributed by atoms with Gasteiger partial charge in [-0.1, -0.05) is 13.8 Å². The number of hydrogen-bond acceptors (Lipinski definition) is 7. The molecule has 0 bridgehead atoms. The van der Waals surface area contributed by atoms with Crippen molar-refractivity contribution in [2.75, 3.05) is 32.8 Å². The number of aromatic amines is 1. The number of nitrogens with zero attached hydrogens (tertiary/aromatic N) is 3. The van der Waals surface area contributed by atoms with Crippen molar-refractivity contribution in [3.8, 4) is 11.6 Å². The number of ether oxygens (including phenoxy) is 3. The third-order valence-electron chi connectivity index (χ3n) is 5.29. The summed E-state index contributed by atoms with van der Waals surface area (Å²) in [6.07, 6.45) is 4.41. The molecular formula is C20H25N5O3. The number of anilines is 1. The summed E-state index contributed by atoms with van der Waals surface area (Å²) < 4.78 is 16.4. The molecule has 1 fully saturated rings. The molecule has 4 heterocycles. The Kier molecular flexibility index (Phi) is 4.80. The van der Waals surface area contributed by atoms with Crippen LogP contribution in [0, 0.1) is 0 Å². The van der Waals surface area contributed by atoms with E-state index in [-0.39, 0.29) is 6.04 Å². The smallest absolute Gasteiger partial charge is 0.213 e. The van der Waals surface area contributed by atoms with E-state index >= 15 is 0 Å². The van der Waals surface area contributed by atoms with Gasteiger partial charge in [0.2, 0.25) is 5.88 Å². The Morgan fingerprint density at radius 3 is 2.79 bits per heavy atom. The van der Waals surface area contributed by atoms with Crippen LogP contribution in [0.2, 0.25) is 0 Å². The van der Waals surface area contributed by atoms with E-state index in [2.05, 4.69) is 40.4 Å². The molecule has 148 valence electrons. The average molecular weight is 383 g/mol. The second-order valence-electron chi connectivity index (χ2n) is 7.44. The van der Waals surface area contributed by atoms with E-state index in [9.17, 15) is 0 Å². The Morgan fingerprint density at radius 2 is 2.07 bits per heavy atom. The van der Waals surface area contributed by atoms with Crippen LogP contribution in [-0.2, 0) is 10.2 Å². The highest BCUT2D eigenvalue weighted by Crippen LogP contribution is 2.39. The van der Waals surface area contributed by atoms with Gasteiger partial charge in [0.1, 0.15) is 16.8 Å². The van der Waals surface area contributed by atoms with Gasteiger partial charge in [0.25, 0.3) is 0 Å². The summed E-state index contributed by atoms with van der Waals surface area (Å²) in [5.41, 5.74) is 4.08. The molecule has 4 rings (SSSR count). The van der Waals surface area contributed by atoms with Gasteiger partial charge in [0.15, 0.2) is 0 Å². The van der Waals surface area contributed by atoms with Crippen LogP contribution in [0.15, 0.2) is 24.5 Å². The van der Waals surface area contributed by atoms with Crippen LogP contribution in [0.1, 0.15) is 31.5 Å². The summed E-state index contributed by atoms with van der Waals surface area (Å²) in [7, 11) is 3.25. The first kappa shape index (κ1) is 18.5. The lowest BCUT2D eigenvalue weighted by atomic mass is 9.80. The van der Waals surface area contributed by atoms with Crippen molar-refractivity contribution >= 4 is 16.7 Å². The number of H-pyrrole nitrogens is 1. The molecule has 3 aromatic rings. The van der Waals surface area contributed by atoms with Crippen molar-refractivity contribution in [2.45, 2.75) is 31.7 Å². The van der Waals surface area contributed by atoms with E-state index in [0.717, 1.165) is 41.0 Å². The third kappa shape index (κ3) is 3.24. The summed E-state index contributed by atoms with van der Waals surface area (Å²) in [6.45, 7) is 5.70. The predicted octanol–water partition coefficient (Wildman–Crippen LogP) is 2.90. The monoisotopic (exact) mass is 383 g/mol. The van der Waals surface area contributed by atoms with Gasteiger partial charge in [-0.15, -0.1) is 0 Å². The molecule has 1 aliphatic rings. The number of nitrogens with one attached hydrogen (secondary N) is 2. The molecule has 1 saturated heterocycles. The van der Waals surface area contributed by atoms with Crippen LogP contribution >= 0.6 is 0 Å². The predicted molar refractivity (Wildman–Crippen MR) is 106 cm³/mol. The first-order valence-electron chi connectivity index (χ1n) is 9.30. The molecule has 1 atom stereocenters. The van der Waals surface area contributed by atoms with Crippen LogP contribution < -0.4 is 14.8 Å². The molecule has 2 N–H and O–H groups in total. The molecule has 0 aromatic carbocycles. The molecule has 0 spiro atoms. The number of aromatic nitrogens is 4. The largest absolute Gasteiger partial charge is 0.495 e. The lowest BCUT2D eigenvalue weighted by Crippen LogP contribution is -2.24. The van der Waals surface area contributed by atoms with Crippen LogP contribution in [0.4, 0.5) is 5.69 Å². The summed E-state index contributed by atoms with van der Waals surface area (Å²) in [4.78, 5) is 9.12. The minimum Gasteiger partial charge on any atom is -0.495 e. The maximum atomic E-state index is 5.57. The Bertz CT molecular complexity index is 979. The number of pyridine rings is 2. The second-order valence-corrected chi connectivity index (χ2v) is 7.44. The fourth-order valence-corrected chi connectivity index (χ4v) is 3.56. The summed E-state index contributed by atoms with van der Waals surface area (Å²) in [6, 6.07) is 4.25. The summed E-state index contributed by atoms with van der Waals surface area (Å²) in [5.74, 6) is 1.23. The molecule has 3 aromatic heterocycles. The van der Waals surface area contributed by atoms with Crippen molar-refractivity contribution < 1.29 is 14.2 Å². The quantitative estimate of drug-likeness (QED) is 0.676. The molecular weight excluding hydrogens is 358 g/mol. The number of hydrogen-bond donors (Lipinski definition) is 2. The highest BCUT2D eigenvalue weighted by Gasteiger charge is 2.31. The van der Waals surface area contributed by atoms with Crippen molar-refractivity contribution in [2.24, 2.45) is 0 Å². The van der Waals surface area contributed by atoms with E-state index in [1.807, 2.05) is 6.07 Å². The van der Waals surface area contributed by atoms with E-state index in [0.29, 0.717) is 18.2 Å². The molecule has 8 heteroatoms. The first-order valence-corrected chi connectivity index (χ1v) is 9.30. The van der Waals surface area contributed by atoms with Crippen molar-refractivity contribution in [1.29, 1.82) is 0 Å². The van der Waals surface area contributed by atoms with Gasteiger partial charge in [-0.3, -0.25) is 5.10 Å². The lowest BCUT2D eigenvalue weighted by Gasteiger charge is -2.27.